The maximum Gasteiger partial charge on any atom is 0.390 e. The van der Waals surface area contributed by atoms with Crippen molar-refractivity contribution in [3.63, 3.8) is 0 Å². The van der Waals surface area contributed by atoms with Gasteiger partial charge in [-0.2, -0.15) is 13.2 Å². The summed E-state index contributed by atoms with van der Waals surface area (Å²) in [7, 11) is 0. The van der Waals surface area contributed by atoms with E-state index in [1.165, 1.54) is 19.1 Å². The monoisotopic (exact) mass is 261 g/mol. The quantitative estimate of drug-likeness (QED) is 0.817. The van der Waals surface area contributed by atoms with Crippen LogP contribution < -0.4 is 5.32 Å². The second-order valence-corrected chi connectivity index (χ2v) is 4.82. The molecule has 0 spiro atoms. The molecule has 18 heavy (non-hydrogen) atoms. The van der Waals surface area contributed by atoms with E-state index >= 15 is 0 Å². The van der Waals surface area contributed by atoms with Crippen LogP contribution in [-0.2, 0) is 6.42 Å². The van der Waals surface area contributed by atoms with Crippen molar-refractivity contribution in [2.75, 3.05) is 0 Å². The van der Waals surface area contributed by atoms with E-state index in [0.717, 1.165) is 17.5 Å². The Hall–Kier alpha value is -1.10. The number of alkyl halides is 3. The summed E-state index contributed by atoms with van der Waals surface area (Å²) in [6, 6.07) is 3.75. The number of benzene rings is 1. The molecule has 0 heterocycles. The van der Waals surface area contributed by atoms with E-state index in [1.54, 1.807) is 6.07 Å². The molecular weight excluding hydrogens is 246 g/mol. The molecule has 0 radical (unpaired) electrons. The predicted molar refractivity (Wildman–Crippen MR) is 60.7 cm³/mol. The van der Waals surface area contributed by atoms with Gasteiger partial charge >= 0.3 is 6.18 Å². The molecule has 1 nitrogen and oxygen atoms in total. The van der Waals surface area contributed by atoms with Crippen molar-refractivity contribution in [1.82, 2.24) is 5.32 Å². The summed E-state index contributed by atoms with van der Waals surface area (Å²) < 4.78 is 49.7. The third-order valence-electron chi connectivity index (χ3n) is 3.21. The van der Waals surface area contributed by atoms with Crippen LogP contribution in [0.5, 0.6) is 0 Å². The van der Waals surface area contributed by atoms with E-state index in [2.05, 4.69) is 5.32 Å². The van der Waals surface area contributed by atoms with E-state index < -0.39 is 18.6 Å². The minimum Gasteiger partial charge on any atom is -0.307 e. The van der Waals surface area contributed by atoms with Crippen molar-refractivity contribution in [1.29, 1.82) is 0 Å². The highest BCUT2D eigenvalue weighted by Gasteiger charge is 2.32. The normalized spacial score (nSPS) is 20.8. The zero-order valence-electron chi connectivity index (χ0n) is 10.0. The minimum atomic E-state index is -4.16. The Kier molecular flexibility index (Phi) is 3.61. The molecule has 0 bridgehead atoms. The van der Waals surface area contributed by atoms with Gasteiger partial charge in [-0.25, -0.2) is 4.39 Å². The Bertz CT molecular complexity index is 427. The van der Waals surface area contributed by atoms with Gasteiger partial charge in [0.15, 0.2) is 0 Å². The van der Waals surface area contributed by atoms with E-state index in [9.17, 15) is 17.6 Å². The molecule has 0 aromatic heterocycles. The van der Waals surface area contributed by atoms with E-state index in [1.807, 2.05) is 0 Å². The first-order valence-electron chi connectivity index (χ1n) is 5.96. The average Bonchev–Trinajstić information content (AvgIpc) is 2.57. The molecule has 0 saturated carbocycles. The zero-order chi connectivity index (χ0) is 13.3. The van der Waals surface area contributed by atoms with Crippen LogP contribution in [0.2, 0.25) is 0 Å². The number of hydrogen-bond donors (Lipinski definition) is 1. The lowest BCUT2D eigenvalue weighted by molar-refractivity contribution is -0.139. The smallest absolute Gasteiger partial charge is 0.307 e. The van der Waals surface area contributed by atoms with Gasteiger partial charge in [0, 0.05) is 12.1 Å². The number of aryl methyl sites for hydroxylation is 1. The molecule has 2 rings (SSSR count). The van der Waals surface area contributed by atoms with Crippen molar-refractivity contribution in [3.05, 3.63) is 35.1 Å². The summed E-state index contributed by atoms with van der Waals surface area (Å²) in [5, 5.41) is 2.97. The number of fused-ring (bicyclic) bond motifs is 1. The van der Waals surface area contributed by atoms with Crippen molar-refractivity contribution >= 4 is 0 Å². The molecule has 1 aliphatic rings. The van der Waals surface area contributed by atoms with Crippen LogP contribution in [0.25, 0.3) is 0 Å². The molecule has 1 aromatic rings. The Morgan fingerprint density at radius 1 is 1.39 bits per heavy atom. The third kappa shape index (κ3) is 3.22. The van der Waals surface area contributed by atoms with Crippen LogP contribution in [0.1, 0.15) is 36.9 Å². The number of rotatable bonds is 3. The molecule has 1 aromatic carbocycles. The van der Waals surface area contributed by atoms with Gasteiger partial charge in [-0.05, 0) is 43.0 Å². The maximum atomic E-state index is 13.0. The van der Waals surface area contributed by atoms with Gasteiger partial charge in [0.05, 0.1) is 6.42 Å². The van der Waals surface area contributed by atoms with Crippen LogP contribution in [0, 0.1) is 5.82 Å². The van der Waals surface area contributed by atoms with E-state index in [0.29, 0.717) is 6.42 Å². The predicted octanol–water partition coefficient (Wildman–Crippen LogP) is 3.74. The summed E-state index contributed by atoms with van der Waals surface area (Å²) in [6.45, 7) is 1.52. The molecule has 0 amide bonds. The third-order valence-corrected chi connectivity index (χ3v) is 3.21. The van der Waals surface area contributed by atoms with Crippen molar-refractivity contribution in [2.45, 2.75) is 44.4 Å². The molecule has 100 valence electrons. The second-order valence-electron chi connectivity index (χ2n) is 4.82. The first-order valence-corrected chi connectivity index (χ1v) is 5.96. The standard InChI is InChI=1S/C13H15F4N/c1-8(7-13(15,16)17)18-12-5-2-9-6-10(14)3-4-11(9)12/h3-4,6,8,12,18H,2,5,7H2,1H3. The van der Waals surface area contributed by atoms with Gasteiger partial charge in [-0.1, -0.05) is 6.07 Å². The fraction of sp³-hybridized carbons (Fsp3) is 0.538. The van der Waals surface area contributed by atoms with E-state index in [-0.39, 0.29) is 11.9 Å². The molecule has 2 unspecified atom stereocenters. The summed E-state index contributed by atoms with van der Waals surface area (Å²) in [5.41, 5.74) is 1.82. The molecule has 0 saturated heterocycles. The Balaban J connectivity index is 2.01. The number of hydrogen-bond acceptors (Lipinski definition) is 1. The fourth-order valence-electron chi connectivity index (χ4n) is 2.51. The lowest BCUT2D eigenvalue weighted by atomic mass is 10.1. The number of nitrogens with one attached hydrogen (secondary N) is 1. The second kappa shape index (κ2) is 4.88. The Morgan fingerprint density at radius 2 is 2.11 bits per heavy atom. The van der Waals surface area contributed by atoms with Crippen LogP contribution >= 0.6 is 0 Å². The molecule has 1 N–H and O–H groups in total. The van der Waals surface area contributed by atoms with Gasteiger partial charge in [-0.3, -0.25) is 0 Å². The fourth-order valence-corrected chi connectivity index (χ4v) is 2.51. The van der Waals surface area contributed by atoms with E-state index in [4.69, 9.17) is 0 Å². The lowest BCUT2D eigenvalue weighted by Gasteiger charge is -2.21. The van der Waals surface area contributed by atoms with Gasteiger partial charge in [0.25, 0.3) is 0 Å². The van der Waals surface area contributed by atoms with Crippen LogP contribution in [0.15, 0.2) is 18.2 Å². The summed E-state index contributed by atoms with van der Waals surface area (Å²) >= 11 is 0. The SMILES string of the molecule is CC(CC(F)(F)F)NC1CCc2cc(F)ccc21. The highest BCUT2D eigenvalue weighted by atomic mass is 19.4. The molecular formula is C13H15F4N. The summed E-state index contributed by atoms with van der Waals surface area (Å²) in [4.78, 5) is 0. The van der Waals surface area contributed by atoms with Gasteiger partial charge in [-0.15, -0.1) is 0 Å². The Labute approximate surface area is 103 Å². The molecule has 0 aliphatic heterocycles. The van der Waals surface area contributed by atoms with Crippen LogP contribution in [0.4, 0.5) is 17.6 Å². The summed E-state index contributed by atoms with van der Waals surface area (Å²) in [5.74, 6) is -0.294. The van der Waals surface area contributed by atoms with Crippen LogP contribution in [-0.4, -0.2) is 12.2 Å². The number of halogens is 4. The van der Waals surface area contributed by atoms with Crippen molar-refractivity contribution < 1.29 is 17.6 Å². The Morgan fingerprint density at radius 3 is 2.78 bits per heavy atom. The first kappa shape index (κ1) is 13.3. The highest BCUT2D eigenvalue weighted by molar-refractivity contribution is 5.35. The largest absolute Gasteiger partial charge is 0.390 e. The minimum absolute atomic E-state index is 0.0991. The van der Waals surface area contributed by atoms with Crippen molar-refractivity contribution in [3.8, 4) is 0 Å². The topological polar surface area (TPSA) is 12.0 Å². The van der Waals surface area contributed by atoms with Gasteiger partial charge in [0.2, 0.25) is 0 Å². The van der Waals surface area contributed by atoms with Gasteiger partial charge in [0.1, 0.15) is 5.82 Å². The molecule has 0 fully saturated rings. The highest BCUT2D eigenvalue weighted by Crippen LogP contribution is 2.32. The van der Waals surface area contributed by atoms with Gasteiger partial charge < -0.3 is 5.32 Å². The molecule has 5 heteroatoms. The first-order chi connectivity index (χ1) is 8.35. The summed E-state index contributed by atoms with van der Waals surface area (Å²) in [6.07, 6.45) is -3.57. The average molecular weight is 261 g/mol. The zero-order valence-corrected chi connectivity index (χ0v) is 10.0. The molecule has 2 atom stereocenters. The lowest BCUT2D eigenvalue weighted by Crippen LogP contribution is -2.33. The molecule has 1 aliphatic carbocycles. The maximum absolute atomic E-state index is 13.0. The van der Waals surface area contributed by atoms with Crippen LogP contribution in [0.3, 0.4) is 0 Å². The van der Waals surface area contributed by atoms with Crippen molar-refractivity contribution in [2.24, 2.45) is 0 Å².